The van der Waals surface area contributed by atoms with Crippen molar-refractivity contribution >= 4 is 33.4 Å². The summed E-state index contributed by atoms with van der Waals surface area (Å²) in [6.45, 7) is 0.555. The molecule has 2 heterocycles. The average molecular weight is 465 g/mol. The monoisotopic (exact) mass is 464 g/mol. The Morgan fingerprint density at radius 3 is 2.39 bits per heavy atom. The van der Waals surface area contributed by atoms with Gasteiger partial charge in [-0.15, -0.1) is 0 Å². The second kappa shape index (κ2) is 7.77. The summed E-state index contributed by atoms with van der Waals surface area (Å²) in [7, 11) is -3.77. The zero-order valence-electron chi connectivity index (χ0n) is 16.5. The van der Waals surface area contributed by atoms with Crippen LogP contribution in [0.15, 0.2) is 41.2 Å². The molecule has 1 saturated carbocycles. The molecule has 11 heteroatoms. The van der Waals surface area contributed by atoms with Crippen LogP contribution in [0.5, 0.6) is 0 Å². The SMILES string of the molecule is NS(=O)(=O)C1(CN2CCn3c(ccc(C(=O)NCc4ccc(Cl)cc4)c3=O)C2=O)CC1. The first-order valence-corrected chi connectivity index (χ1v) is 11.6. The second-order valence-corrected chi connectivity index (χ2v) is 10.2. The highest BCUT2D eigenvalue weighted by Crippen LogP contribution is 2.43. The molecule has 9 nitrogen and oxygen atoms in total. The number of rotatable bonds is 6. The number of pyridine rings is 1. The Labute approximate surface area is 183 Å². The maximum Gasteiger partial charge on any atom is 0.270 e. The number of aromatic nitrogens is 1. The molecular formula is C20H21ClN4O5S. The van der Waals surface area contributed by atoms with E-state index in [9.17, 15) is 22.8 Å². The first-order chi connectivity index (χ1) is 14.6. The lowest BCUT2D eigenvalue weighted by atomic mass is 10.1. The molecule has 2 aliphatic rings. The van der Waals surface area contributed by atoms with Crippen molar-refractivity contribution in [2.24, 2.45) is 5.14 Å². The summed E-state index contributed by atoms with van der Waals surface area (Å²) in [6.07, 6.45) is 0.824. The van der Waals surface area contributed by atoms with E-state index in [4.69, 9.17) is 16.7 Å². The van der Waals surface area contributed by atoms with Crippen LogP contribution in [0.4, 0.5) is 0 Å². The fourth-order valence-corrected chi connectivity index (χ4v) is 4.83. The number of carbonyl (C=O) groups is 2. The number of sulfonamides is 1. The Morgan fingerprint density at radius 2 is 1.77 bits per heavy atom. The Morgan fingerprint density at radius 1 is 1.10 bits per heavy atom. The van der Waals surface area contributed by atoms with Crippen LogP contribution in [-0.2, 0) is 23.1 Å². The molecule has 164 valence electrons. The number of nitrogens with two attached hydrogens (primary N) is 1. The minimum Gasteiger partial charge on any atom is -0.348 e. The van der Waals surface area contributed by atoms with Crippen LogP contribution in [0.3, 0.4) is 0 Å². The van der Waals surface area contributed by atoms with Crippen LogP contribution in [0.1, 0.15) is 39.3 Å². The number of nitrogens with zero attached hydrogens (tertiary/aromatic N) is 2. The van der Waals surface area contributed by atoms with Crippen molar-refractivity contribution < 1.29 is 18.0 Å². The van der Waals surface area contributed by atoms with Crippen LogP contribution in [-0.4, -0.2) is 47.5 Å². The number of halogens is 1. The lowest BCUT2D eigenvalue weighted by Gasteiger charge is -2.32. The van der Waals surface area contributed by atoms with Crippen molar-refractivity contribution in [3.05, 3.63) is 68.6 Å². The van der Waals surface area contributed by atoms with Gasteiger partial charge in [0.2, 0.25) is 10.0 Å². The molecule has 1 aliphatic heterocycles. The molecular weight excluding hydrogens is 444 g/mol. The molecule has 2 amide bonds. The van der Waals surface area contributed by atoms with Gasteiger partial charge >= 0.3 is 0 Å². The number of hydrogen-bond donors (Lipinski definition) is 2. The summed E-state index contributed by atoms with van der Waals surface area (Å²) >= 11 is 5.84. The summed E-state index contributed by atoms with van der Waals surface area (Å²) in [5.41, 5.74) is 0.315. The van der Waals surface area contributed by atoms with E-state index >= 15 is 0 Å². The first kappa shape index (κ1) is 21.5. The average Bonchev–Trinajstić information content (AvgIpc) is 3.51. The van der Waals surface area contributed by atoms with E-state index in [0.29, 0.717) is 17.9 Å². The third-order valence-electron chi connectivity index (χ3n) is 5.78. The highest BCUT2D eigenvalue weighted by molar-refractivity contribution is 7.90. The number of benzene rings is 1. The number of primary sulfonamides is 1. The molecule has 1 aromatic heterocycles. The summed E-state index contributed by atoms with van der Waals surface area (Å²) in [5.74, 6) is -0.998. The van der Waals surface area contributed by atoms with Crippen LogP contribution >= 0.6 is 11.6 Å². The van der Waals surface area contributed by atoms with Gasteiger partial charge < -0.3 is 14.8 Å². The molecule has 0 bridgehead atoms. The van der Waals surface area contributed by atoms with E-state index in [1.165, 1.54) is 21.6 Å². The number of amides is 2. The molecule has 0 unspecified atom stereocenters. The normalized spacial score (nSPS) is 17.2. The minimum absolute atomic E-state index is 0.00217. The standard InChI is InChI=1S/C20H21ClN4O5S/c21-14-3-1-13(2-4-14)11-23-17(26)15-5-6-16-19(28)24(9-10-25(16)18(15)27)12-20(7-8-20)31(22,29)30/h1-6H,7-12H2,(H,23,26)(H2,22,29,30). The van der Waals surface area contributed by atoms with Gasteiger partial charge in [0.1, 0.15) is 16.0 Å². The molecule has 2 aromatic rings. The number of carbonyl (C=O) groups excluding carboxylic acids is 2. The molecule has 31 heavy (non-hydrogen) atoms. The quantitative estimate of drug-likeness (QED) is 0.649. The lowest BCUT2D eigenvalue weighted by Crippen LogP contribution is -2.50. The smallest absolute Gasteiger partial charge is 0.270 e. The molecule has 3 N–H and O–H groups in total. The van der Waals surface area contributed by atoms with Crippen LogP contribution in [0.25, 0.3) is 0 Å². The van der Waals surface area contributed by atoms with Crippen molar-refractivity contribution in [3.8, 4) is 0 Å². The van der Waals surface area contributed by atoms with Gasteiger partial charge in [-0.25, -0.2) is 13.6 Å². The maximum atomic E-state index is 12.8. The molecule has 0 spiro atoms. The fourth-order valence-electron chi connectivity index (χ4n) is 3.69. The summed E-state index contributed by atoms with van der Waals surface area (Å²) in [6, 6.07) is 9.68. The van der Waals surface area contributed by atoms with E-state index in [2.05, 4.69) is 5.32 Å². The summed E-state index contributed by atoms with van der Waals surface area (Å²) in [5, 5.41) is 8.59. The Kier molecular flexibility index (Phi) is 5.40. The zero-order chi connectivity index (χ0) is 22.4. The van der Waals surface area contributed by atoms with Crippen LogP contribution < -0.4 is 16.0 Å². The number of nitrogens with one attached hydrogen (secondary N) is 1. The van der Waals surface area contributed by atoms with Crippen molar-refractivity contribution in [2.75, 3.05) is 13.1 Å². The molecule has 1 aliphatic carbocycles. The minimum atomic E-state index is -3.77. The van der Waals surface area contributed by atoms with E-state index in [0.717, 1.165) is 5.56 Å². The maximum absolute atomic E-state index is 12.8. The largest absolute Gasteiger partial charge is 0.348 e. The second-order valence-electron chi connectivity index (χ2n) is 7.85. The van der Waals surface area contributed by atoms with Gasteiger partial charge in [-0.2, -0.15) is 0 Å². The van der Waals surface area contributed by atoms with Crippen molar-refractivity contribution in [2.45, 2.75) is 30.7 Å². The van der Waals surface area contributed by atoms with E-state index in [-0.39, 0.29) is 37.4 Å². The van der Waals surface area contributed by atoms with Gasteiger partial charge in [-0.05, 0) is 42.7 Å². The lowest BCUT2D eigenvalue weighted by molar-refractivity contribution is 0.0695. The highest BCUT2D eigenvalue weighted by Gasteiger charge is 2.54. The van der Waals surface area contributed by atoms with Crippen molar-refractivity contribution in [3.63, 3.8) is 0 Å². The van der Waals surface area contributed by atoms with E-state index < -0.39 is 32.1 Å². The molecule has 4 rings (SSSR count). The molecule has 1 fully saturated rings. The van der Waals surface area contributed by atoms with E-state index in [1.54, 1.807) is 24.3 Å². The van der Waals surface area contributed by atoms with Gasteiger partial charge in [-0.1, -0.05) is 23.7 Å². The Hall–Kier alpha value is -2.69. The van der Waals surface area contributed by atoms with Crippen molar-refractivity contribution in [1.29, 1.82) is 0 Å². The number of hydrogen-bond acceptors (Lipinski definition) is 5. The molecule has 1 aromatic carbocycles. The Bertz CT molecular complexity index is 1220. The Balaban J connectivity index is 1.50. The fraction of sp³-hybridized carbons (Fsp3) is 0.350. The molecule has 0 radical (unpaired) electrons. The molecule has 0 saturated heterocycles. The van der Waals surface area contributed by atoms with Gasteiger partial charge in [0.05, 0.1) is 0 Å². The third kappa shape index (κ3) is 4.10. The predicted molar refractivity (Wildman–Crippen MR) is 114 cm³/mol. The number of fused-ring (bicyclic) bond motifs is 1. The van der Waals surface area contributed by atoms with Crippen LogP contribution in [0.2, 0.25) is 5.02 Å². The molecule has 0 atom stereocenters. The highest BCUT2D eigenvalue weighted by atomic mass is 35.5. The van der Waals surface area contributed by atoms with Gasteiger partial charge in [-0.3, -0.25) is 14.4 Å². The third-order valence-corrected chi connectivity index (χ3v) is 7.77. The van der Waals surface area contributed by atoms with Crippen LogP contribution in [0, 0.1) is 0 Å². The van der Waals surface area contributed by atoms with Gasteiger partial charge in [0, 0.05) is 31.2 Å². The van der Waals surface area contributed by atoms with Gasteiger partial charge in [0.15, 0.2) is 0 Å². The summed E-state index contributed by atoms with van der Waals surface area (Å²) in [4.78, 5) is 39.6. The van der Waals surface area contributed by atoms with Gasteiger partial charge in [0.25, 0.3) is 17.4 Å². The predicted octanol–water partition coefficient (Wildman–Crippen LogP) is 0.709. The topological polar surface area (TPSA) is 132 Å². The van der Waals surface area contributed by atoms with Crippen molar-refractivity contribution in [1.82, 2.24) is 14.8 Å². The summed E-state index contributed by atoms with van der Waals surface area (Å²) < 4.78 is 23.8. The van der Waals surface area contributed by atoms with E-state index in [1.807, 2.05) is 0 Å². The zero-order valence-corrected chi connectivity index (χ0v) is 18.1. The first-order valence-electron chi connectivity index (χ1n) is 9.69.